The van der Waals surface area contributed by atoms with Gasteiger partial charge >= 0.3 is 0 Å². The number of aliphatic imine (C=N–C) groups is 1. The number of aromatic hydroxyl groups is 1. The zero-order chi connectivity index (χ0) is 15.6. The van der Waals surface area contributed by atoms with Crippen molar-refractivity contribution in [1.29, 1.82) is 0 Å². The van der Waals surface area contributed by atoms with Gasteiger partial charge in [0.1, 0.15) is 5.75 Å². The van der Waals surface area contributed by atoms with Gasteiger partial charge in [0.15, 0.2) is 0 Å². The van der Waals surface area contributed by atoms with Gasteiger partial charge in [0.2, 0.25) is 0 Å². The number of hydrogen-bond acceptors (Lipinski definition) is 2. The Morgan fingerprint density at radius 2 is 1.76 bits per heavy atom. The standard InChI is InChI=1S/C18H29NOSi/c1-13-6-9-15(10-7-13)19-12-16-14(2)8-11-17(18(16)20)21(3,4)5/h8,11-13,15,20H,6-7,9-10H2,1-5H3. The predicted octanol–water partition coefficient (Wildman–Crippen LogP) is 4.24. The second-order valence-electron chi connectivity index (χ2n) is 7.63. The highest BCUT2D eigenvalue weighted by atomic mass is 28.3. The fourth-order valence-electron chi connectivity index (χ4n) is 3.05. The van der Waals surface area contributed by atoms with Crippen LogP contribution in [0.3, 0.4) is 0 Å². The molecule has 0 spiro atoms. The molecule has 116 valence electrons. The summed E-state index contributed by atoms with van der Waals surface area (Å²) in [6, 6.07) is 4.66. The van der Waals surface area contributed by atoms with Crippen LogP contribution < -0.4 is 5.19 Å². The summed E-state index contributed by atoms with van der Waals surface area (Å²) in [5, 5.41) is 11.8. The molecule has 0 bridgehead atoms. The molecule has 2 rings (SSSR count). The van der Waals surface area contributed by atoms with Crippen molar-refractivity contribution in [3.05, 3.63) is 23.3 Å². The van der Waals surface area contributed by atoms with Gasteiger partial charge in [-0.1, -0.05) is 38.7 Å². The molecular weight excluding hydrogens is 274 g/mol. The van der Waals surface area contributed by atoms with Crippen LogP contribution in [0.2, 0.25) is 19.6 Å². The number of rotatable bonds is 3. The third-order valence-electron chi connectivity index (χ3n) is 4.64. The average Bonchev–Trinajstić information content (AvgIpc) is 2.39. The largest absolute Gasteiger partial charge is 0.507 e. The van der Waals surface area contributed by atoms with E-state index in [9.17, 15) is 5.11 Å². The molecule has 1 aromatic rings. The summed E-state index contributed by atoms with van der Waals surface area (Å²) in [7, 11) is -1.52. The molecule has 1 fully saturated rings. The van der Waals surface area contributed by atoms with Crippen LogP contribution in [0.25, 0.3) is 0 Å². The molecule has 0 saturated heterocycles. The molecule has 2 nitrogen and oxygen atoms in total. The van der Waals surface area contributed by atoms with Crippen molar-refractivity contribution >= 4 is 19.5 Å². The highest BCUT2D eigenvalue weighted by Crippen LogP contribution is 2.26. The molecule has 1 aliphatic rings. The summed E-state index contributed by atoms with van der Waals surface area (Å²) in [4.78, 5) is 4.76. The minimum atomic E-state index is -1.52. The highest BCUT2D eigenvalue weighted by Gasteiger charge is 2.23. The molecule has 1 saturated carbocycles. The van der Waals surface area contributed by atoms with Gasteiger partial charge in [-0.2, -0.15) is 0 Å². The first-order chi connectivity index (χ1) is 9.79. The van der Waals surface area contributed by atoms with Crippen molar-refractivity contribution in [1.82, 2.24) is 0 Å². The van der Waals surface area contributed by atoms with Crippen LogP contribution in [0.1, 0.15) is 43.7 Å². The van der Waals surface area contributed by atoms with Crippen molar-refractivity contribution in [3.8, 4) is 5.75 Å². The van der Waals surface area contributed by atoms with Crippen LogP contribution in [0.5, 0.6) is 5.75 Å². The van der Waals surface area contributed by atoms with Gasteiger partial charge in [-0.15, -0.1) is 0 Å². The molecule has 0 unspecified atom stereocenters. The molecule has 0 atom stereocenters. The van der Waals surface area contributed by atoms with Crippen molar-refractivity contribution < 1.29 is 5.11 Å². The van der Waals surface area contributed by atoms with Gasteiger partial charge in [0, 0.05) is 17.8 Å². The molecule has 3 heteroatoms. The second-order valence-corrected chi connectivity index (χ2v) is 12.7. The zero-order valence-corrected chi connectivity index (χ0v) is 15.1. The summed E-state index contributed by atoms with van der Waals surface area (Å²) >= 11 is 0. The normalized spacial score (nSPS) is 23.7. The molecule has 1 aromatic carbocycles. The quantitative estimate of drug-likeness (QED) is 0.657. The molecule has 0 heterocycles. The Labute approximate surface area is 130 Å². The molecule has 1 aliphatic carbocycles. The lowest BCUT2D eigenvalue weighted by atomic mass is 9.88. The Balaban J connectivity index is 2.23. The number of aryl methyl sites for hydroxylation is 1. The number of phenols is 1. The molecule has 0 aliphatic heterocycles. The van der Waals surface area contributed by atoms with E-state index in [1.165, 1.54) is 25.7 Å². The van der Waals surface area contributed by atoms with E-state index in [0.717, 1.165) is 22.2 Å². The van der Waals surface area contributed by atoms with Crippen LogP contribution in [-0.2, 0) is 0 Å². The lowest BCUT2D eigenvalue weighted by molar-refractivity contribution is 0.350. The number of phenolic OH excluding ortho intramolecular Hbond substituents is 1. The van der Waals surface area contributed by atoms with E-state index in [1.807, 2.05) is 6.21 Å². The molecular formula is C18H29NOSi. The number of nitrogens with zero attached hydrogens (tertiary/aromatic N) is 1. The van der Waals surface area contributed by atoms with Gasteiger partial charge in [-0.3, -0.25) is 4.99 Å². The first-order valence-electron chi connectivity index (χ1n) is 8.15. The summed E-state index contributed by atoms with van der Waals surface area (Å²) in [6.07, 6.45) is 6.86. The van der Waals surface area contributed by atoms with Gasteiger partial charge in [0.05, 0.1) is 8.07 Å². The van der Waals surface area contributed by atoms with Crippen LogP contribution in [-0.4, -0.2) is 25.4 Å². The van der Waals surface area contributed by atoms with Crippen LogP contribution >= 0.6 is 0 Å². The smallest absolute Gasteiger partial charge is 0.123 e. The van der Waals surface area contributed by atoms with Gasteiger partial charge in [-0.25, -0.2) is 0 Å². The molecule has 1 N–H and O–H groups in total. The Hall–Kier alpha value is -1.09. The van der Waals surface area contributed by atoms with Crippen molar-refractivity contribution in [3.63, 3.8) is 0 Å². The first-order valence-corrected chi connectivity index (χ1v) is 11.6. The van der Waals surface area contributed by atoms with Gasteiger partial charge < -0.3 is 5.11 Å². The number of benzene rings is 1. The minimum Gasteiger partial charge on any atom is -0.507 e. The van der Waals surface area contributed by atoms with Crippen LogP contribution in [0.15, 0.2) is 17.1 Å². The van der Waals surface area contributed by atoms with E-state index in [4.69, 9.17) is 4.99 Å². The Morgan fingerprint density at radius 1 is 1.14 bits per heavy atom. The number of hydrogen-bond donors (Lipinski definition) is 1. The summed E-state index contributed by atoms with van der Waals surface area (Å²) in [5.74, 6) is 1.31. The molecule has 21 heavy (non-hydrogen) atoms. The average molecular weight is 304 g/mol. The maximum atomic E-state index is 10.6. The van der Waals surface area contributed by atoms with Crippen molar-refractivity contribution in [2.45, 2.75) is 65.2 Å². The van der Waals surface area contributed by atoms with E-state index in [1.54, 1.807) is 0 Å². The van der Waals surface area contributed by atoms with E-state index >= 15 is 0 Å². The van der Waals surface area contributed by atoms with E-state index in [2.05, 4.69) is 45.6 Å². The summed E-state index contributed by atoms with van der Waals surface area (Å²) < 4.78 is 0. The topological polar surface area (TPSA) is 32.6 Å². The maximum absolute atomic E-state index is 10.6. The molecule has 0 aromatic heterocycles. The predicted molar refractivity (Wildman–Crippen MR) is 94.8 cm³/mol. The van der Waals surface area contributed by atoms with Crippen LogP contribution in [0.4, 0.5) is 0 Å². The van der Waals surface area contributed by atoms with Crippen molar-refractivity contribution in [2.24, 2.45) is 10.9 Å². The second kappa shape index (κ2) is 6.35. The zero-order valence-electron chi connectivity index (χ0n) is 14.1. The minimum absolute atomic E-state index is 0.440. The molecule has 0 amide bonds. The van der Waals surface area contributed by atoms with Crippen molar-refractivity contribution in [2.75, 3.05) is 0 Å². The fourth-order valence-corrected chi connectivity index (χ4v) is 4.48. The lowest BCUT2D eigenvalue weighted by Gasteiger charge is -2.23. The Kier molecular flexibility index (Phi) is 4.92. The maximum Gasteiger partial charge on any atom is 0.123 e. The Bertz CT molecular complexity index is 523. The third-order valence-corrected chi connectivity index (χ3v) is 6.66. The molecule has 0 radical (unpaired) electrons. The van der Waals surface area contributed by atoms with E-state index < -0.39 is 8.07 Å². The fraction of sp³-hybridized carbons (Fsp3) is 0.611. The van der Waals surface area contributed by atoms with Gasteiger partial charge in [0.25, 0.3) is 0 Å². The lowest BCUT2D eigenvalue weighted by Crippen LogP contribution is -2.38. The SMILES string of the molecule is Cc1ccc([Si](C)(C)C)c(O)c1C=NC1CCC(C)CC1. The summed E-state index contributed by atoms with van der Waals surface area (Å²) in [6.45, 7) is 11.2. The monoisotopic (exact) mass is 303 g/mol. The summed E-state index contributed by atoms with van der Waals surface area (Å²) in [5.41, 5.74) is 2.04. The van der Waals surface area contributed by atoms with E-state index in [-0.39, 0.29) is 0 Å². The van der Waals surface area contributed by atoms with E-state index in [0.29, 0.717) is 11.8 Å². The first kappa shape index (κ1) is 16.3. The van der Waals surface area contributed by atoms with Crippen LogP contribution in [0, 0.1) is 12.8 Å². The Morgan fingerprint density at radius 3 is 2.33 bits per heavy atom. The van der Waals surface area contributed by atoms with Gasteiger partial charge in [-0.05, 0) is 49.3 Å². The third kappa shape index (κ3) is 3.97. The highest BCUT2D eigenvalue weighted by molar-refractivity contribution is 6.89.